The molecule has 0 atom stereocenters. The molecule has 120 valence electrons. The summed E-state index contributed by atoms with van der Waals surface area (Å²) in [5.74, 6) is 0.183. The van der Waals surface area contributed by atoms with Crippen LogP contribution in [0.3, 0.4) is 0 Å². The quantitative estimate of drug-likeness (QED) is 0.612. The third-order valence-corrected chi connectivity index (χ3v) is 3.27. The molecule has 0 bridgehead atoms. The highest BCUT2D eigenvalue weighted by Gasteiger charge is 2.14. The minimum atomic E-state index is -0.325. The van der Waals surface area contributed by atoms with Crippen LogP contribution in [-0.4, -0.2) is 22.4 Å². The van der Waals surface area contributed by atoms with Crippen molar-refractivity contribution in [3.05, 3.63) is 52.8 Å². The number of alkyl halides is 1. The first-order valence-corrected chi connectivity index (χ1v) is 8.02. The van der Waals surface area contributed by atoms with Crippen molar-refractivity contribution in [1.82, 2.24) is 9.78 Å². The highest BCUT2D eigenvalue weighted by atomic mass is 35.5. The molecule has 5 heteroatoms. The zero-order valence-electron chi connectivity index (χ0n) is 13.6. The maximum atomic E-state index is 11.7. The summed E-state index contributed by atoms with van der Waals surface area (Å²) >= 11 is 5.76. The zero-order valence-corrected chi connectivity index (χ0v) is 14.4. The number of benzene rings is 1. The lowest BCUT2D eigenvalue weighted by Crippen LogP contribution is -2.05. The molecule has 0 aliphatic heterocycles. The maximum Gasteiger partial charge on any atom is 0.341 e. The second-order valence-electron chi connectivity index (χ2n) is 4.50. The number of carbonyl (C=O) groups is 1. The van der Waals surface area contributed by atoms with E-state index in [1.54, 1.807) is 24.7 Å². The molecule has 1 aromatic carbocycles. The van der Waals surface area contributed by atoms with Crippen LogP contribution in [0.5, 0.6) is 0 Å². The van der Waals surface area contributed by atoms with E-state index in [1.165, 1.54) is 0 Å². The Hall–Kier alpha value is -1.81. The van der Waals surface area contributed by atoms with Gasteiger partial charge >= 0.3 is 5.97 Å². The number of hydrogen-bond acceptors (Lipinski definition) is 3. The molecule has 0 fully saturated rings. The topological polar surface area (TPSA) is 44.1 Å². The molecule has 1 aromatic heterocycles. The highest BCUT2D eigenvalue weighted by molar-refractivity contribution is 6.17. The summed E-state index contributed by atoms with van der Waals surface area (Å²) in [7, 11) is 0. The molecule has 22 heavy (non-hydrogen) atoms. The zero-order chi connectivity index (χ0) is 16.5. The molecule has 0 amide bonds. The van der Waals surface area contributed by atoms with E-state index in [0.29, 0.717) is 30.3 Å². The van der Waals surface area contributed by atoms with Crippen molar-refractivity contribution in [2.45, 2.75) is 40.1 Å². The Kier molecular flexibility index (Phi) is 7.67. The summed E-state index contributed by atoms with van der Waals surface area (Å²) in [6.07, 6.45) is 1.72. The van der Waals surface area contributed by atoms with Crippen LogP contribution in [0.1, 0.15) is 48.0 Å². The summed E-state index contributed by atoms with van der Waals surface area (Å²) in [6, 6.07) is 8.01. The summed E-state index contributed by atoms with van der Waals surface area (Å²) in [6.45, 7) is 8.57. The highest BCUT2D eigenvalue weighted by Crippen LogP contribution is 2.11. The van der Waals surface area contributed by atoms with Crippen LogP contribution in [0.4, 0.5) is 0 Å². The third-order valence-electron chi connectivity index (χ3n) is 2.96. The van der Waals surface area contributed by atoms with Crippen LogP contribution in [0.25, 0.3) is 0 Å². The van der Waals surface area contributed by atoms with Gasteiger partial charge < -0.3 is 4.74 Å². The van der Waals surface area contributed by atoms with Crippen LogP contribution in [0.15, 0.2) is 30.5 Å². The van der Waals surface area contributed by atoms with Crippen molar-refractivity contribution >= 4 is 17.6 Å². The molecular formula is C17H23ClN2O2. The molecular weight excluding hydrogens is 300 g/mol. The molecule has 0 saturated carbocycles. The minimum Gasteiger partial charge on any atom is -0.462 e. The number of aryl methyl sites for hydroxylation is 1. The number of aromatic nitrogens is 2. The standard InChI is InChI=1S/C15H17ClN2O2.C2H6/c1-3-20-15(19)14-10-18(17-11(14)2)9-13-6-4-12(8-16)5-7-13;1-2/h4-7,10H,3,8-9H2,1-2H3;1-2H3. The molecule has 0 aliphatic carbocycles. The van der Waals surface area contributed by atoms with Crippen LogP contribution < -0.4 is 0 Å². The Morgan fingerprint density at radius 2 is 1.82 bits per heavy atom. The van der Waals surface area contributed by atoms with Crippen molar-refractivity contribution in [3.8, 4) is 0 Å². The van der Waals surface area contributed by atoms with Gasteiger partial charge in [-0.3, -0.25) is 4.68 Å². The Labute approximate surface area is 137 Å². The van der Waals surface area contributed by atoms with Gasteiger partial charge in [-0.15, -0.1) is 11.6 Å². The number of rotatable bonds is 5. The first-order chi connectivity index (χ1) is 10.6. The minimum absolute atomic E-state index is 0.325. The molecule has 2 aromatic rings. The summed E-state index contributed by atoms with van der Waals surface area (Å²) in [5, 5.41) is 4.34. The van der Waals surface area contributed by atoms with E-state index >= 15 is 0 Å². The molecule has 0 spiro atoms. The number of carbonyl (C=O) groups excluding carboxylic acids is 1. The van der Waals surface area contributed by atoms with Gasteiger partial charge in [0.05, 0.1) is 18.8 Å². The predicted molar refractivity (Wildman–Crippen MR) is 89.4 cm³/mol. The molecule has 0 unspecified atom stereocenters. The molecule has 0 saturated heterocycles. The van der Waals surface area contributed by atoms with Gasteiger partial charge in [0.1, 0.15) is 5.56 Å². The van der Waals surface area contributed by atoms with E-state index in [2.05, 4.69) is 5.10 Å². The van der Waals surface area contributed by atoms with Gasteiger partial charge in [0.25, 0.3) is 0 Å². The Morgan fingerprint density at radius 1 is 1.23 bits per heavy atom. The van der Waals surface area contributed by atoms with Crippen molar-refractivity contribution in [2.75, 3.05) is 6.61 Å². The van der Waals surface area contributed by atoms with Gasteiger partial charge in [-0.05, 0) is 25.0 Å². The SMILES string of the molecule is CC.CCOC(=O)c1cn(Cc2ccc(CCl)cc2)nc1C. The van der Waals surface area contributed by atoms with E-state index in [9.17, 15) is 4.79 Å². The Morgan fingerprint density at radius 3 is 2.36 bits per heavy atom. The van der Waals surface area contributed by atoms with Crippen LogP contribution >= 0.6 is 11.6 Å². The third kappa shape index (κ3) is 4.88. The Balaban J connectivity index is 0.00000116. The van der Waals surface area contributed by atoms with E-state index in [0.717, 1.165) is 11.1 Å². The molecule has 1 heterocycles. The van der Waals surface area contributed by atoms with Gasteiger partial charge in [-0.2, -0.15) is 5.10 Å². The van der Waals surface area contributed by atoms with E-state index in [4.69, 9.17) is 16.3 Å². The van der Waals surface area contributed by atoms with E-state index in [-0.39, 0.29) is 5.97 Å². The Bertz CT molecular complexity index is 591. The second-order valence-corrected chi connectivity index (χ2v) is 4.76. The van der Waals surface area contributed by atoms with Gasteiger partial charge in [-0.25, -0.2) is 4.79 Å². The second kappa shape index (κ2) is 9.26. The van der Waals surface area contributed by atoms with Crippen molar-refractivity contribution in [1.29, 1.82) is 0 Å². The molecule has 0 aliphatic rings. The maximum absolute atomic E-state index is 11.7. The number of ether oxygens (including phenoxy) is 1. The lowest BCUT2D eigenvalue weighted by molar-refractivity contribution is 0.0525. The summed E-state index contributed by atoms with van der Waals surface area (Å²) in [4.78, 5) is 11.7. The van der Waals surface area contributed by atoms with E-state index in [1.807, 2.05) is 38.1 Å². The largest absolute Gasteiger partial charge is 0.462 e. The average molecular weight is 323 g/mol. The van der Waals surface area contributed by atoms with E-state index < -0.39 is 0 Å². The normalized spacial score (nSPS) is 9.86. The summed E-state index contributed by atoms with van der Waals surface area (Å²) in [5.41, 5.74) is 3.39. The van der Waals surface area contributed by atoms with Crippen molar-refractivity contribution < 1.29 is 9.53 Å². The van der Waals surface area contributed by atoms with Gasteiger partial charge in [0, 0.05) is 12.1 Å². The van der Waals surface area contributed by atoms with Crippen LogP contribution in [0.2, 0.25) is 0 Å². The fourth-order valence-electron chi connectivity index (χ4n) is 1.93. The molecule has 0 radical (unpaired) electrons. The first-order valence-electron chi connectivity index (χ1n) is 7.49. The lowest BCUT2D eigenvalue weighted by atomic mass is 10.1. The van der Waals surface area contributed by atoms with Gasteiger partial charge in [0.15, 0.2) is 0 Å². The number of halogens is 1. The fraction of sp³-hybridized carbons (Fsp3) is 0.412. The number of esters is 1. The summed E-state index contributed by atoms with van der Waals surface area (Å²) < 4.78 is 6.74. The number of hydrogen-bond donors (Lipinski definition) is 0. The van der Waals surface area contributed by atoms with Gasteiger partial charge in [0.2, 0.25) is 0 Å². The van der Waals surface area contributed by atoms with Crippen molar-refractivity contribution in [3.63, 3.8) is 0 Å². The van der Waals surface area contributed by atoms with Crippen molar-refractivity contribution in [2.24, 2.45) is 0 Å². The average Bonchev–Trinajstić information content (AvgIpc) is 2.91. The monoisotopic (exact) mass is 322 g/mol. The lowest BCUT2D eigenvalue weighted by Gasteiger charge is -2.03. The first kappa shape index (κ1) is 18.2. The molecule has 2 rings (SSSR count). The predicted octanol–water partition coefficient (Wildman–Crippen LogP) is 4.18. The fourth-order valence-corrected chi connectivity index (χ4v) is 2.11. The number of nitrogens with zero attached hydrogens (tertiary/aromatic N) is 2. The molecule has 4 nitrogen and oxygen atoms in total. The van der Waals surface area contributed by atoms with Crippen LogP contribution in [0, 0.1) is 6.92 Å². The van der Waals surface area contributed by atoms with Gasteiger partial charge in [-0.1, -0.05) is 38.1 Å². The van der Waals surface area contributed by atoms with Crippen LogP contribution in [-0.2, 0) is 17.2 Å². The molecule has 0 N–H and O–H groups in total. The smallest absolute Gasteiger partial charge is 0.341 e.